The lowest BCUT2D eigenvalue weighted by molar-refractivity contribution is -0.105. The summed E-state index contributed by atoms with van der Waals surface area (Å²) in [5.74, 6) is 0.896. The highest BCUT2D eigenvalue weighted by Gasteiger charge is 2.25. The molecule has 0 saturated carbocycles. The molecule has 0 aliphatic rings. The molecule has 0 spiro atoms. The van der Waals surface area contributed by atoms with Crippen LogP contribution in [0.4, 0.5) is 16.3 Å². The maximum absolute atomic E-state index is 14.2. The Balaban J connectivity index is 2.14. The summed E-state index contributed by atoms with van der Waals surface area (Å²) in [6, 6.07) is 7.64. The second-order valence-corrected chi connectivity index (χ2v) is 7.50. The van der Waals surface area contributed by atoms with Gasteiger partial charge in [0, 0.05) is 16.7 Å². The summed E-state index contributed by atoms with van der Waals surface area (Å²) in [6.07, 6.45) is 1.24. The molecule has 0 aliphatic carbocycles. The molecule has 0 aliphatic heterocycles. The Labute approximate surface area is 161 Å². The first-order valence-corrected chi connectivity index (χ1v) is 9.49. The van der Waals surface area contributed by atoms with Crippen molar-refractivity contribution >= 4 is 41.7 Å². The molecule has 1 aromatic carbocycles. The third-order valence-electron chi connectivity index (χ3n) is 3.46. The van der Waals surface area contributed by atoms with Crippen LogP contribution in [0.2, 0.25) is 5.02 Å². The fourth-order valence-corrected chi connectivity index (χ4v) is 3.40. The highest BCUT2D eigenvalue weighted by molar-refractivity contribution is 7.99. The van der Waals surface area contributed by atoms with Crippen LogP contribution in [0, 0.1) is 0 Å². The standard InChI is InChI=1S/C17H21ClFN5OS/c1-4-11(9-26-13-8-6-5-7-12(13)18)21-16-23-14(17(2,3)19)22-15(24-16)20-10-25/h5-8,10-11H,4,9H2,1-3H3,(H2,20,21,22,23,24,25). The van der Waals surface area contributed by atoms with Gasteiger partial charge in [0.25, 0.3) is 0 Å². The van der Waals surface area contributed by atoms with E-state index in [2.05, 4.69) is 25.6 Å². The van der Waals surface area contributed by atoms with Crippen molar-refractivity contribution in [3.05, 3.63) is 35.1 Å². The lowest BCUT2D eigenvalue weighted by Gasteiger charge is -2.19. The van der Waals surface area contributed by atoms with E-state index in [1.165, 1.54) is 13.8 Å². The van der Waals surface area contributed by atoms with Gasteiger partial charge in [-0.3, -0.25) is 10.1 Å². The van der Waals surface area contributed by atoms with Crippen LogP contribution in [0.25, 0.3) is 0 Å². The number of hydrogen-bond donors (Lipinski definition) is 2. The topological polar surface area (TPSA) is 79.8 Å². The highest BCUT2D eigenvalue weighted by atomic mass is 35.5. The van der Waals surface area contributed by atoms with Crippen LogP contribution < -0.4 is 10.6 Å². The Bertz CT molecular complexity index is 756. The number of nitrogens with zero attached hydrogens (tertiary/aromatic N) is 3. The first-order valence-electron chi connectivity index (χ1n) is 8.13. The van der Waals surface area contributed by atoms with E-state index in [0.29, 0.717) is 11.4 Å². The summed E-state index contributed by atoms with van der Waals surface area (Å²) in [7, 11) is 0. The predicted octanol–water partition coefficient (Wildman–Crippen LogP) is 4.28. The molecule has 1 heterocycles. The Morgan fingerprint density at radius 3 is 2.58 bits per heavy atom. The normalized spacial score (nSPS) is 12.5. The monoisotopic (exact) mass is 397 g/mol. The van der Waals surface area contributed by atoms with Crippen LogP contribution in [0.5, 0.6) is 0 Å². The summed E-state index contributed by atoms with van der Waals surface area (Å²) in [5.41, 5.74) is -1.76. The van der Waals surface area contributed by atoms with Gasteiger partial charge in [0.15, 0.2) is 11.5 Å². The Kier molecular flexibility index (Phi) is 7.16. The van der Waals surface area contributed by atoms with Crippen molar-refractivity contribution in [2.75, 3.05) is 16.4 Å². The number of halogens is 2. The second kappa shape index (κ2) is 9.14. The van der Waals surface area contributed by atoms with Gasteiger partial charge in [-0.2, -0.15) is 15.0 Å². The number of nitrogens with one attached hydrogen (secondary N) is 2. The summed E-state index contributed by atoms with van der Waals surface area (Å²) in [6.45, 7) is 4.72. The van der Waals surface area contributed by atoms with Gasteiger partial charge in [0.1, 0.15) is 0 Å². The molecule has 2 N–H and O–H groups in total. The molecule has 0 saturated heterocycles. The summed E-state index contributed by atoms with van der Waals surface area (Å²) >= 11 is 7.79. The molecule has 2 rings (SSSR count). The van der Waals surface area contributed by atoms with E-state index in [0.717, 1.165) is 17.1 Å². The van der Waals surface area contributed by atoms with Crippen molar-refractivity contribution < 1.29 is 9.18 Å². The average Bonchev–Trinajstić information content (AvgIpc) is 2.59. The third kappa shape index (κ3) is 5.81. The van der Waals surface area contributed by atoms with Crippen LogP contribution >= 0.6 is 23.4 Å². The second-order valence-electron chi connectivity index (χ2n) is 6.03. The number of benzene rings is 1. The molecule has 1 unspecified atom stereocenters. The number of alkyl halides is 1. The van der Waals surface area contributed by atoms with Gasteiger partial charge < -0.3 is 5.32 Å². The number of hydrogen-bond acceptors (Lipinski definition) is 6. The van der Waals surface area contributed by atoms with E-state index in [1.54, 1.807) is 11.8 Å². The smallest absolute Gasteiger partial charge is 0.234 e. The molecule has 26 heavy (non-hydrogen) atoms. The van der Waals surface area contributed by atoms with Gasteiger partial charge in [0.05, 0.1) is 5.02 Å². The number of amides is 1. The van der Waals surface area contributed by atoms with E-state index in [-0.39, 0.29) is 23.8 Å². The Morgan fingerprint density at radius 1 is 1.27 bits per heavy atom. The van der Waals surface area contributed by atoms with Crippen LogP contribution in [0.1, 0.15) is 33.0 Å². The SMILES string of the molecule is CCC(CSc1ccccc1Cl)Nc1nc(NC=O)nc(C(C)(C)F)n1. The maximum atomic E-state index is 14.2. The van der Waals surface area contributed by atoms with Gasteiger partial charge in [-0.05, 0) is 32.4 Å². The molecule has 1 aromatic heterocycles. The summed E-state index contributed by atoms with van der Waals surface area (Å²) in [4.78, 5) is 23.9. The fraction of sp³-hybridized carbons (Fsp3) is 0.412. The third-order valence-corrected chi connectivity index (χ3v) is 5.14. The van der Waals surface area contributed by atoms with Crippen LogP contribution in [-0.2, 0) is 10.5 Å². The fourth-order valence-electron chi connectivity index (χ4n) is 2.02. The lowest BCUT2D eigenvalue weighted by atomic mass is 10.1. The zero-order chi connectivity index (χ0) is 19.2. The van der Waals surface area contributed by atoms with E-state index < -0.39 is 5.67 Å². The minimum atomic E-state index is -1.76. The predicted molar refractivity (Wildman–Crippen MR) is 104 cm³/mol. The number of aromatic nitrogens is 3. The number of carbonyl (C=O) groups is 1. The Hall–Kier alpha value is -1.93. The van der Waals surface area contributed by atoms with Crippen molar-refractivity contribution in [3.8, 4) is 0 Å². The summed E-state index contributed by atoms with van der Waals surface area (Å²) in [5, 5.41) is 6.23. The number of anilines is 2. The van der Waals surface area contributed by atoms with E-state index in [1.807, 2.05) is 31.2 Å². The van der Waals surface area contributed by atoms with Crippen LogP contribution in [0.15, 0.2) is 29.2 Å². The van der Waals surface area contributed by atoms with Crippen LogP contribution in [-0.4, -0.2) is 33.2 Å². The molecule has 2 aromatic rings. The molecular formula is C17H21ClFN5OS. The molecule has 0 radical (unpaired) electrons. The molecule has 1 atom stereocenters. The lowest BCUT2D eigenvalue weighted by Crippen LogP contribution is -2.25. The first-order chi connectivity index (χ1) is 12.3. The minimum absolute atomic E-state index is 0.00633. The van der Waals surface area contributed by atoms with Gasteiger partial charge in [-0.1, -0.05) is 30.7 Å². The zero-order valence-corrected chi connectivity index (χ0v) is 16.4. The molecule has 0 bridgehead atoms. The molecule has 0 fully saturated rings. The maximum Gasteiger partial charge on any atom is 0.234 e. The van der Waals surface area contributed by atoms with Crippen LogP contribution in [0.3, 0.4) is 0 Å². The molecule has 9 heteroatoms. The minimum Gasteiger partial charge on any atom is -0.351 e. The van der Waals surface area contributed by atoms with Gasteiger partial charge in [0.2, 0.25) is 18.3 Å². The van der Waals surface area contributed by atoms with Gasteiger partial charge >= 0.3 is 0 Å². The van der Waals surface area contributed by atoms with Gasteiger partial charge in [-0.25, -0.2) is 4.39 Å². The van der Waals surface area contributed by atoms with Crippen molar-refractivity contribution in [2.24, 2.45) is 0 Å². The number of carbonyl (C=O) groups excluding carboxylic acids is 1. The van der Waals surface area contributed by atoms with E-state index in [4.69, 9.17) is 11.6 Å². The number of rotatable bonds is 9. The number of thioether (sulfide) groups is 1. The molecular weight excluding hydrogens is 377 g/mol. The average molecular weight is 398 g/mol. The molecule has 140 valence electrons. The molecule has 6 nitrogen and oxygen atoms in total. The largest absolute Gasteiger partial charge is 0.351 e. The Morgan fingerprint density at radius 2 is 1.96 bits per heavy atom. The van der Waals surface area contributed by atoms with E-state index in [9.17, 15) is 9.18 Å². The van der Waals surface area contributed by atoms with Crippen molar-refractivity contribution in [1.82, 2.24) is 15.0 Å². The van der Waals surface area contributed by atoms with Gasteiger partial charge in [-0.15, -0.1) is 11.8 Å². The van der Waals surface area contributed by atoms with Crippen molar-refractivity contribution in [2.45, 2.75) is 43.8 Å². The molecule has 1 amide bonds. The van der Waals surface area contributed by atoms with Crippen molar-refractivity contribution in [3.63, 3.8) is 0 Å². The summed E-state index contributed by atoms with van der Waals surface area (Å²) < 4.78 is 14.2. The zero-order valence-electron chi connectivity index (χ0n) is 14.8. The van der Waals surface area contributed by atoms with Crippen molar-refractivity contribution in [1.29, 1.82) is 0 Å². The highest BCUT2D eigenvalue weighted by Crippen LogP contribution is 2.28. The quantitative estimate of drug-likeness (QED) is 0.485. The first kappa shape index (κ1) is 20.4. The van der Waals surface area contributed by atoms with E-state index >= 15 is 0 Å².